The number of benzene rings is 1. The Morgan fingerprint density at radius 3 is 2.54 bits per heavy atom. The minimum Gasteiger partial charge on any atom is -0.328 e. The number of nitrogens with two attached hydrogens (primary N) is 1. The Labute approximate surface area is 169 Å². The lowest BCUT2D eigenvalue weighted by Gasteiger charge is -2.39. The molecule has 1 saturated carbocycles. The van der Waals surface area contributed by atoms with Crippen LogP contribution < -0.4 is 5.73 Å². The van der Waals surface area contributed by atoms with Crippen LogP contribution in [0.2, 0.25) is 0 Å². The Morgan fingerprint density at radius 1 is 1.04 bits per heavy atom. The highest BCUT2D eigenvalue weighted by Gasteiger charge is 2.29. The lowest BCUT2D eigenvalue weighted by atomic mass is 9.86. The highest BCUT2D eigenvalue weighted by atomic mass is 15.2. The first-order valence-corrected chi connectivity index (χ1v) is 10.5. The number of piperazine rings is 1. The van der Waals surface area contributed by atoms with Crippen molar-refractivity contribution in [3.63, 3.8) is 0 Å². The smallest absolute Gasteiger partial charge is 0.0709 e. The first-order valence-electron chi connectivity index (χ1n) is 10.5. The zero-order chi connectivity index (χ0) is 19.5. The van der Waals surface area contributed by atoms with Gasteiger partial charge in [0.2, 0.25) is 0 Å². The highest BCUT2D eigenvalue weighted by molar-refractivity contribution is 5.63. The number of likely N-dealkylation sites (N-methyl/N-ethyl adjacent to an activating group) is 1. The number of aromatic nitrogens is 1. The van der Waals surface area contributed by atoms with E-state index in [4.69, 9.17) is 10.7 Å². The van der Waals surface area contributed by atoms with Crippen LogP contribution in [0.4, 0.5) is 0 Å². The van der Waals surface area contributed by atoms with Gasteiger partial charge >= 0.3 is 0 Å². The molecule has 4 rings (SSSR count). The van der Waals surface area contributed by atoms with Crippen LogP contribution in [0.5, 0.6) is 0 Å². The number of pyridine rings is 1. The minimum atomic E-state index is 0.383. The van der Waals surface area contributed by atoms with Gasteiger partial charge in [-0.1, -0.05) is 30.3 Å². The molecule has 2 N–H and O–H groups in total. The van der Waals surface area contributed by atoms with Crippen LogP contribution in [0.25, 0.3) is 11.3 Å². The van der Waals surface area contributed by atoms with Gasteiger partial charge in [-0.2, -0.15) is 0 Å². The van der Waals surface area contributed by atoms with Crippen LogP contribution >= 0.6 is 0 Å². The second-order valence-electron chi connectivity index (χ2n) is 8.55. The van der Waals surface area contributed by atoms with Crippen molar-refractivity contribution in [1.82, 2.24) is 19.7 Å². The summed E-state index contributed by atoms with van der Waals surface area (Å²) in [6.07, 6.45) is 2.20. The molecular weight excluding hydrogens is 346 g/mol. The first kappa shape index (κ1) is 19.5. The van der Waals surface area contributed by atoms with Crippen molar-refractivity contribution in [2.45, 2.75) is 38.0 Å². The average Bonchev–Trinajstić information content (AvgIpc) is 2.68. The van der Waals surface area contributed by atoms with Crippen LogP contribution in [0.3, 0.4) is 0 Å². The van der Waals surface area contributed by atoms with Crippen LogP contribution in [-0.2, 0) is 13.1 Å². The molecule has 1 aromatic carbocycles. The normalized spacial score (nSPS) is 23.7. The molecule has 1 aliphatic carbocycles. The van der Waals surface area contributed by atoms with Gasteiger partial charge in [-0.15, -0.1) is 0 Å². The summed E-state index contributed by atoms with van der Waals surface area (Å²) in [6.45, 7) is 6.43. The van der Waals surface area contributed by atoms with Gasteiger partial charge in [0.15, 0.2) is 0 Å². The van der Waals surface area contributed by atoms with Gasteiger partial charge in [-0.05, 0) is 44.6 Å². The van der Waals surface area contributed by atoms with Crippen LogP contribution in [-0.4, -0.2) is 72.0 Å². The third-order valence-corrected chi connectivity index (χ3v) is 6.27. The summed E-state index contributed by atoms with van der Waals surface area (Å²) in [5.41, 5.74) is 10.8. The molecule has 0 atom stereocenters. The van der Waals surface area contributed by atoms with Gasteiger partial charge in [-0.3, -0.25) is 14.8 Å². The van der Waals surface area contributed by atoms with Gasteiger partial charge in [0, 0.05) is 56.9 Å². The molecule has 28 heavy (non-hydrogen) atoms. The lowest BCUT2D eigenvalue weighted by Crippen LogP contribution is -2.48. The van der Waals surface area contributed by atoms with Crippen molar-refractivity contribution >= 4 is 0 Å². The van der Waals surface area contributed by atoms with E-state index in [0.29, 0.717) is 12.1 Å². The summed E-state index contributed by atoms with van der Waals surface area (Å²) >= 11 is 0. The summed E-state index contributed by atoms with van der Waals surface area (Å²) in [5.74, 6) is 0. The standard InChI is InChI=1S/C23H33N5/c1-26-10-12-28(13-11-26)16-18-6-3-4-8-22(18)23-9-5-7-20(25-23)17-27(2)21-14-19(24)15-21/h3-9,19,21H,10-17,24H2,1-2H3. The topological polar surface area (TPSA) is 48.6 Å². The molecule has 0 bridgehead atoms. The maximum atomic E-state index is 5.95. The van der Waals surface area contributed by atoms with Crippen molar-refractivity contribution in [3.8, 4) is 11.3 Å². The van der Waals surface area contributed by atoms with Crippen LogP contribution in [0.15, 0.2) is 42.5 Å². The Balaban J connectivity index is 1.48. The maximum Gasteiger partial charge on any atom is 0.0709 e. The van der Waals surface area contributed by atoms with Crippen molar-refractivity contribution in [2.24, 2.45) is 5.73 Å². The van der Waals surface area contributed by atoms with E-state index in [-0.39, 0.29) is 0 Å². The summed E-state index contributed by atoms with van der Waals surface area (Å²) in [4.78, 5) is 12.4. The number of hydrogen-bond acceptors (Lipinski definition) is 5. The summed E-state index contributed by atoms with van der Waals surface area (Å²) < 4.78 is 0. The lowest BCUT2D eigenvalue weighted by molar-refractivity contribution is 0.131. The Hall–Kier alpha value is -1.79. The van der Waals surface area contributed by atoms with E-state index in [9.17, 15) is 0 Å². The summed E-state index contributed by atoms with van der Waals surface area (Å²) in [5, 5.41) is 0. The number of hydrogen-bond donors (Lipinski definition) is 1. The fourth-order valence-electron chi connectivity index (χ4n) is 4.25. The van der Waals surface area contributed by atoms with Crippen molar-refractivity contribution in [1.29, 1.82) is 0 Å². The van der Waals surface area contributed by atoms with Crippen LogP contribution in [0, 0.1) is 0 Å². The van der Waals surface area contributed by atoms with Gasteiger partial charge < -0.3 is 10.6 Å². The third kappa shape index (κ3) is 4.61. The molecule has 2 aromatic rings. The van der Waals surface area contributed by atoms with Gasteiger partial charge in [0.1, 0.15) is 0 Å². The molecule has 0 unspecified atom stereocenters. The van der Waals surface area contributed by atoms with E-state index < -0.39 is 0 Å². The Morgan fingerprint density at radius 2 is 1.79 bits per heavy atom. The van der Waals surface area contributed by atoms with Crippen molar-refractivity contribution in [3.05, 3.63) is 53.7 Å². The SMILES string of the molecule is CN1CCN(Cc2ccccc2-c2cccc(CN(C)C3CC(N)C3)n2)CC1. The quantitative estimate of drug-likeness (QED) is 0.835. The van der Waals surface area contributed by atoms with Crippen LogP contribution in [0.1, 0.15) is 24.1 Å². The fourth-order valence-corrected chi connectivity index (χ4v) is 4.25. The molecule has 1 saturated heterocycles. The zero-order valence-corrected chi connectivity index (χ0v) is 17.2. The summed E-state index contributed by atoms with van der Waals surface area (Å²) in [7, 11) is 4.39. The molecule has 1 aromatic heterocycles. The molecule has 2 heterocycles. The predicted octanol–water partition coefficient (Wildman–Crippen LogP) is 2.42. The molecule has 2 fully saturated rings. The second-order valence-corrected chi connectivity index (χ2v) is 8.55. The van der Waals surface area contributed by atoms with E-state index in [0.717, 1.165) is 63.5 Å². The van der Waals surface area contributed by atoms with E-state index in [1.165, 1.54) is 11.1 Å². The highest BCUT2D eigenvalue weighted by Crippen LogP contribution is 2.26. The maximum absolute atomic E-state index is 5.95. The summed E-state index contributed by atoms with van der Waals surface area (Å²) in [6, 6.07) is 16.2. The molecule has 5 nitrogen and oxygen atoms in total. The number of rotatable bonds is 6. The molecule has 0 amide bonds. The Bertz CT molecular complexity index is 778. The zero-order valence-electron chi connectivity index (χ0n) is 17.2. The fraction of sp³-hybridized carbons (Fsp3) is 0.522. The second kappa shape index (κ2) is 8.70. The van der Waals surface area contributed by atoms with E-state index in [2.05, 4.69) is 71.3 Å². The van der Waals surface area contributed by atoms with Gasteiger partial charge in [0.25, 0.3) is 0 Å². The van der Waals surface area contributed by atoms with Crippen molar-refractivity contribution < 1.29 is 0 Å². The molecule has 0 spiro atoms. The average molecular weight is 380 g/mol. The first-order chi connectivity index (χ1) is 13.6. The minimum absolute atomic E-state index is 0.383. The predicted molar refractivity (Wildman–Crippen MR) is 115 cm³/mol. The Kier molecular flexibility index (Phi) is 6.07. The largest absolute Gasteiger partial charge is 0.328 e. The van der Waals surface area contributed by atoms with E-state index in [1.807, 2.05) is 0 Å². The monoisotopic (exact) mass is 379 g/mol. The van der Waals surface area contributed by atoms with Gasteiger partial charge in [0.05, 0.1) is 11.4 Å². The third-order valence-electron chi connectivity index (χ3n) is 6.27. The van der Waals surface area contributed by atoms with Gasteiger partial charge in [-0.25, -0.2) is 0 Å². The molecule has 150 valence electrons. The molecule has 1 aliphatic heterocycles. The van der Waals surface area contributed by atoms with E-state index >= 15 is 0 Å². The molecule has 5 heteroatoms. The van der Waals surface area contributed by atoms with Crippen molar-refractivity contribution in [2.75, 3.05) is 40.3 Å². The van der Waals surface area contributed by atoms with E-state index in [1.54, 1.807) is 0 Å². The molecule has 0 radical (unpaired) electrons. The molecule has 2 aliphatic rings. The number of nitrogens with zero attached hydrogens (tertiary/aromatic N) is 4. The molecular formula is C23H33N5.